The summed E-state index contributed by atoms with van der Waals surface area (Å²) in [4.78, 5) is 26.6. The van der Waals surface area contributed by atoms with Gasteiger partial charge in [-0.3, -0.25) is 4.79 Å². The quantitative estimate of drug-likeness (QED) is 0.673. The van der Waals surface area contributed by atoms with Crippen molar-refractivity contribution in [3.8, 4) is 0 Å². The number of halogens is 1. The molecule has 6 heteroatoms. The fraction of sp³-hybridized carbons (Fsp3) is 0.118. The van der Waals surface area contributed by atoms with Gasteiger partial charge >= 0.3 is 5.97 Å². The van der Waals surface area contributed by atoms with E-state index in [2.05, 4.69) is 4.99 Å². The molecule has 5 nitrogen and oxygen atoms in total. The molecule has 0 aliphatic carbocycles. The van der Waals surface area contributed by atoms with Gasteiger partial charge in [0.25, 0.3) is 5.91 Å². The predicted molar refractivity (Wildman–Crippen MR) is 84.3 cm³/mol. The number of nitrogens with zero attached hydrogens (tertiary/aromatic N) is 1. The first kappa shape index (κ1) is 16.4. The van der Waals surface area contributed by atoms with Crippen LogP contribution >= 0.6 is 0 Å². The van der Waals surface area contributed by atoms with Gasteiger partial charge in [-0.2, -0.15) is 4.99 Å². The summed E-state index contributed by atoms with van der Waals surface area (Å²) in [6.07, 6.45) is 0. The van der Waals surface area contributed by atoms with Crippen molar-refractivity contribution in [3.63, 3.8) is 0 Å². The van der Waals surface area contributed by atoms with Gasteiger partial charge in [0.05, 0.1) is 5.56 Å². The summed E-state index contributed by atoms with van der Waals surface area (Å²) in [5, 5.41) is 8.78. The maximum Gasteiger partial charge on any atom is 0.338 e. The van der Waals surface area contributed by atoms with E-state index >= 15 is 0 Å². The van der Waals surface area contributed by atoms with Crippen molar-refractivity contribution in [2.24, 2.45) is 10.7 Å². The Morgan fingerprint density at radius 3 is 2.26 bits per heavy atom. The van der Waals surface area contributed by atoms with Crippen LogP contribution in [-0.2, 0) is 0 Å². The van der Waals surface area contributed by atoms with E-state index in [0.29, 0.717) is 5.56 Å². The lowest BCUT2D eigenvalue weighted by molar-refractivity contribution is 0.0691. The topological polar surface area (TPSA) is 92.8 Å². The van der Waals surface area contributed by atoms with Gasteiger partial charge in [0, 0.05) is 11.1 Å². The van der Waals surface area contributed by atoms with E-state index in [1.807, 2.05) is 13.8 Å². The molecular formula is C17H15FN2O3. The average molecular weight is 314 g/mol. The van der Waals surface area contributed by atoms with Crippen LogP contribution in [0, 0.1) is 19.7 Å². The normalized spacial score (nSPS) is 11.3. The molecule has 0 saturated heterocycles. The molecule has 3 N–H and O–H groups in total. The number of rotatable bonds is 3. The molecule has 0 radical (unpaired) electrons. The molecule has 0 unspecified atom stereocenters. The summed E-state index contributed by atoms with van der Waals surface area (Å²) in [5.41, 5.74) is 7.75. The zero-order valence-electron chi connectivity index (χ0n) is 12.6. The van der Waals surface area contributed by atoms with E-state index in [0.717, 1.165) is 23.3 Å². The second kappa shape index (κ2) is 6.39. The highest BCUT2D eigenvalue weighted by Crippen LogP contribution is 2.13. The Balaban J connectivity index is 2.31. The number of amides is 1. The van der Waals surface area contributed by atoms with E-state index in [1.165, 1.54) is 6.07 Å². The first-order chi connectivity index (χ1) is 10.8. The molecule has 0 saturated carbocycles. The standard InChI is InChI=1S/C17H15FN2O3/c1-9-3-4-12(7-10(9)2)16(21)20-15(19)11-5-6-13(17(22)23)14(18)8-11/h3-8H,1-2H3,(H,22,23)(H2,19,20,21). The summed E-state index contributed by atoms with van der Waals surface area (Å²) in [7, 11) is 0. The van der Waals surface area contributed by atoms with Gasteiger partial charge in [-0.05, 0) is 49.2 Å². The van der Waals surface area contributed by atoms with Gasteiger partial charge in [-0.25, -0.2) is 9.18 Å². The Labute approximate surface area is 132 Å². The van der Waals surface area contributed by atoms with Crippen LogP contribution in [0.25, 0.3) is 0 Å². The van der Waals surface area contributed by atoms with Gasteiger partial charge in [0.15, 0.2) is 0 Å². The van der Waals surface area contributed by atoms with Gasteiger partial charge < -0.3 is 10.8 Å². The summed E-state index contributed by atoms with van der Waals surface area (Å²) < 4.78 is 13.6. The number of hydrogen-bond donors (Lipinski definition) is 2. The van der Waals surface area contributed by atoms with Gasteiger partial charge in [-0.15, -0.1) is 0 Å². The first-order valence-electron chi connectivity index (χ1n) is 6.78. The minimum Gasteiger partial charge on any atom is -0.478 e. The molecule has 2 aromatic rings. The lowest BCUT2D eigenvalue weighted by Crippen LogP contribution is -2.17. The smallest absolute Gasteiger partial charge is 0.338 e. The van der Waals surface area contributed by atoms with Gasteiger partial charge in [-0.1, -0.05) is 12.1 Å². The van der Waals surface area contributed by atoms with Crippen LogP contribution in [0.5, 0.6) is 0 Å². The van der Waals surface area contributed by atoms with E-state index in [9.17, 15) is 14.0 Å². The van der Waals surface area contributed by atoms with Crippen molar-refractivity contribution in [1.82, 2.24) is 0 Å². The molecule has 0 atom stereocenters. The number of nitrogens with two attached hydrogens (primary N) is 1. The third kappa shape index (κ3) is 3.60. The maximum absolute atomic E-state index is 13.6. The minimum absolute atomic E-state index is 0.143. The number of aromatic carboxylic acids is 1. The number of carboxylic acid groups (broad SMARTS) is 1. The second-order valence-electron chi connectivity index (χ2n) is 5.10. The van der Waals surface area contributed by atoms with E-state index in [-0.39, 0.29) is 11.4 Å². The number of benzene rings is 2. The Kier molecular flexibility index (Phi) is 4.55. The van der Waals surface area contributed by atoms with Crippen molar-refractivity contribution < 1.29 is 19.1 Å². The number of aliphatic imine (C=N–C) groups is 1. The van der Waals surface area contributed by atoms with Crippen molar-refractivity contribution in [1.29, 1.82) is 0 Å². The van der Waals surface area contributed by atoms with Crippen molar-refractivity contribution in [2.45, 2.75) is 13.8 Å². The molecular weight excluding hydrogens is 299 g/mol. The third-order valence-corrected chi connectivity index (χ3v) is 3.47. The molecule has 0 spiro atoms. The van der Waals surface area contributed by atoms with E-state index < -0.39 is 23.3 Å². The first-order valence-corrected chi connectivity index (χ1v) is 6.78. The lowest BCUT2D eigenvalue weighted by Gasteiger charge is -2.04. The molecule has 0 bridgehead atoms. The van der Waals surface area contributed by atoms with Crippen molar-refractivity contribution in [3.05, 3.63) is 70.0 Å². The minimum atomic E-state index is -1.38. The fourth-order valence-electron chi connectivity index (χ4n) is 1.96. The van der Waals surface area contributed by atoms with Crippen LogP contribution in [-0.4, -0.2) is 22.8 Å². The molecule has 2 aromatic carbocycles. The molecule has 118 valence electrons. The van der Waals surface area contributed by atoms with Crippen LogP contribution in [0.1, 0.15) is 37.4 Å². The predicted octanol–water partition coefficient (Wildman–Crippen LogP) is 2.69. The van der Waals surface area contributed by atoms with Gasteiger partial charge in [0.2, 0.25) is 0 Å². The SMILES string of the molecule is Cc1ccc(C(=O)N=C(N)c2ccc(C(=O)O)c(F)c2)cc1C. The number of aryl methyl sites for hydroxylation is 2. The summed E-state index contributed by atoms with van der Waals surface area (Å²) >= 11 is 0. The highest BCUT2D eigenvalue weighted by atomic mass is 19.1. The Morgan fingerprint density at radius 1 is 1.04 bits per heavy atom. The number of amidine groups is 1. The highest BCUT2D eigenvalue weighted by molar-refractivity contribution is 6.09. The zero-order chi connectivity index (χ0) is 17.1. The molecule has 0 fully saturated rings. The van der Waals surface area contributed by atoms with E-state index in [4.69, 9.17) is 10.8 Å². The lowest BCUT2D eigenvalue weighted by atomic mass is 10.1. The molecule has 2 rings (SSSR count). The van der Waals surface area contributed by atoms with Crippen molar-refractivity contribution in [2.75, 3.05) is 0 Å². The van der Waals surface area contributed by atoms with Crippen molar-refractivity contribution >= 4 is 17.7 Å². The maximum atomic E-state index is 13.6. The number of hydrogen-bond acceptors (Lipinski definition) is 2. The average Bonchev–Trinajstić information content (AvgIpc) is 2.49. The van der Waals surface area contributed by atoms with Crippen LogP contribution in [0.4, 0.5) is 4.39 Å². The number of carbonyl (C=O) groups excluding carboxylic acids is 1. The van der Waals surface area contributed by atoms with Crippen LogP contribution < -0.4 is 5.73 Å². The fourth-order valence-corrected chi connectivity index (χ4v) is 1.96. The van der Waals surface area contributed by atoms with Crippen LogP contribution in [0.2, 0.25) is 0 Å². The Morgan fingerprint density at radius 2 is 1.70 bits per heavy atom. The zero-order valence-corrected chi connectivity index (χ0v) is 12.6. The molecule has 0 aromatic heterocycles. The molecule has 0 heterocycles. The van der Waals surface area contributed by atoms with Crippen LogP contribution in [0.3, 0.4) is 0 Å². The second-order valence-corrected chi connectivity index (χ2v) is 5.10. The number of carbonyl (C=O) groups is 2. The monoisotopic (exact) mass is 314 g/mol. The summed E-state index contributed by atoms with van der Waals surface area (Å²) in [6.45, 7) is 3.80. The van der Waals surface area contributed by atoms with Crippen LogP contribution in [0.15, 0.2) is 41.4 Å². The summed E-state index contributed by atoms with van der Waals surface area (Å²) in [5.74, 6) is -3.04. The van der Waals surface area contributed by atoms with E-state index in [1.54, 1.807) is 18.2 Å². The molecule has 23 heavy (non-hydrogen) atoms. The third-order valence-electron chi connectivity index (χ3n) is 3.47. The van der Waals surface area contributed by atoms with Gasteiger partial charge in [0.1, 0.15) is 11.7 Å². The Bertz CT molecular complexity index is 829. The largest absolute Gasteiger partial charge is 0.478 e. The molecule has 1 amide bonds. The highest BCUT2D eigenvalue weighted by Gasteiger charge is 2.13. The molecule has 0 aliphatic heterocycles. The number of carboxylic acids is 1. The summed E-state index contributed by atoms with van der Waals surface area (Å²) in [6, 6.07) is 8.46. The molecule has 0 aliphatic rings. The Hall–Kier alpha value is -3.02.